The van der Waals surface area contributed by atoms with Crippen molar-refractivity contribution in [2.45, 2.75) is 41.5 Å². The maximum absolute atomic E-state index is 4.76. The van der Waals surface area contributed by atoms with E-state index in [2.05, 4.69) is 106 Å². The van der Waals surface area contributed by atoms with E-state index in [-0.39, 0.29) is 0 Å². The molecule has 2 heteroatoms. The summed E-state index contributed by atoms with van der Waals surface area (Å²) in [6.45, 7) is 12.6. The second-order valence-corrected chi connectivity index (χ2v) is 7.90. The number of thiocarbonyl (C=S) groups is 1. The molecule has 144 valence electrons. The zero-order valence-corrected chi connectivity index (χ0v) is 18.7. The summed E-state index contributed by atoms with van der Waals surface area (Å²) < 4.78 is 0. The number of hydrogen-bond acceptors (Lipinski definition) is 2. The van der Waals surface area contributed by atoms with E-state index < -0.39 is 0 Å². The van der Waals surface area contributed by atoms with Gasteiger partial charge in [0.05, 0.1) is 10.8 Å². The van der Waals surface area contributed by atoms with Crippen LogP contribution < -0.4 is 0 Å². The summed E-state index contributed by atoms with van der Waals surface area (Å²) in [7, 11) is 0. The van der Waals surface area contributed by atoms with Crippen molar-refractivity contribution in [1.29, 1.82) is 0 Å². The third-order valence-electron chi connectivity index (χ3n) is 5.21. The van der Waals surface area contributed by atoms with Gasteiger partial charge in [-0.2, -0.15) is 4.99 Å². The Hall–Kier alpha value is -2.98. The fraction of sp³-hybridized carbons (Fsp3) is 0.222. The van der Waals surface area contributed by atoms with Gasteiger partial charge in [0.15, 0.2) is 0 Å². The van der Waals surface area contributed by atoms with Gasteiger partial charge in [-0.3, -0.25) is 0 Å². The number of benzene rings is 3. The Kier molecular flexibility index (Phi) is 6.14. The summed E-state index contributed by atoms with van der Waals surface area (Å²) >= 11 is 4.76. The van der Waals surface area contributed by atoms with Crippen molar-refractivity contribution in [3.05, 3.63) is 87.0 Å². The molecule has 3 aromatic carbocycles. The Morgan fingerprint density at radius 3 is 1.79 bits per heavy atom. The number of aliphatic imine (C=N–C) groups is 1. The maximum atomic E-state index is 4.76. The zero-order chi connectivity index (χ0) is 21.1. The van der Waals surface area contributed by atoms with Crippen LogP contribution in [0.3, 0.4) is 0 Å². The first-order valence-electron chi connectivity index (χ1n) is 9.70. The van der Waals surface area contributed by atoms with Crippen LogP contribution in [0.4, 0.5) is 5.69 Å². The zero-order valence-electron chi connectivity index (χ0n) is 17.9. The summed E-state index contributed by atoms with van der Waals surface area (Å²) in [6, 6.07) is 15.1. The largest absolute Gasteiger partial charge is 0.194 e. The van der Waals surface area contributed by atoms with E-state index in [9.17, 15) is 0 Å². The molecule has 0 spiro atoms. The molecule has 3 aromatic rings. The highest BCUT2D eigenvalue weighted by Crippen LogP contribution is 2.31. The van der Waals surface area contributed by atoms with Crippen molar-refractivity contribution in [3.63, 3.8) is 0 Å². The van der Waals surface area contributed by atoms with Gasteiger partial charge in [-0.1, -0.05) is 41.7 Å². The molecule has 0 bridgehead atoms. The van der Waals surface area contributed by atoms with E-state index in [0.717, 1.165) is 27.9 Å². The van der Waals surface area contributed by atoms with Crippen molar-refractivity contribution < 1.29 is 0 Å². The summed E-state index contributed by atoms with van der Waals surface area (Å²) in [5, 5.41) is 2.47. The number of rotatable bonds is 2. The third-order valence-corrected chi connectivity index (χ3v) is 5.30. The van der Waals surface area contributed by atoms with Crippen LogP contribution in [0.15, 0.2) is 47.5 Å². The molecule has 0 N–H and O–H groups in total. The smallest absolute Gasteiger partial charge is 0.0798 e. The predicted molar refractivity (Wildman–Crippen MR) is 127 cm³/mol. The Labute approximate surface area is 179 Å². The molecule has 0 aromatic heterocycles. The van der Waals surface area contributed by atoms with Gasteiger partial charge in [0, 0.05) is 11.1 Å². The van der Waals surface area contributed by atoms with E-state index >= 15 is 0 Å². The molecule has 0 heterocycles. The lowest BCUT2D eigenvalue weighted by molar-refractivity contribution is 1.30. The van der Waals surface area contributed by atoms with Crippen LogP contribution >= 0.6 is 12.2 Å². The third kappa shape index (κ3) is 4.54. The van der Waals surface area contributed by atoms with Crippen molar-refractivity contribution in [2.75, 3.05) is 0 Å². The van der Waals surface area contributed by atoms with E-state index in [0.29, 0.717) is 0 Å². The van der Waals surface area contributed by atoms with Crippen LogP contribution in [0, 0.1) is 53.4 Å². The van der Waals surface area contributed by atoms with Crippen LogP contribution in [-0.4, -0.2) is 5.16 Å². The summed E-state index contributed by atoms with van der Waals surface area (Å²) in [6.07, 6.45) is 0. The fourth-order valence-electron chi connectivity index (χ4n) is 3.84. The monoisotopic (exact) mass is 395 g/mol. The minimum absolute atomic E-state index is 0.909. The molecule has 0 aliphatic carbocycles. The lowest BCUT2D eigenvalue weighted by atomic mass is 9.95. The van der Waals surface area contributed by atoms with Crippen molar-refractivity contribution in [2.24, 2.45) is 4.99 Å². The van der Waals surface area contributed by atoms with Crippen LogP contribution in [0.2, 0.25) is 0 Å². The van der Waals surface area contributed by atoms with Gasteiger partial charge < -0.3 is 0 Å². The number of isothiocyanates is 1. The lowest BCUT2D eigenvalue weighted by Crippen LogP contribution is -1.91. The quantitative estimate of drug-likeness (QED) is 0.251. The summed E-state index contributed by atoms with van der Waals surface area (Å²) in [5.74, 6) is 6.76. The van der Waals surface area contributed by atoms with Gasteiger partial charge in [-0.25, -0.2) is 0 Å². The van der Waals surface area contributed by atoms with E-state index in [4.69, 9.17) is 12.2 Å². The molecule has 0 atom stereocenters. The van der Waals surface area contributed by atoms with E-state index in [1.807, 2.05) is 0 Å². The molecule has 0 unspecified atom stereocenters. The lowest BCUT2D eigenvalue weighted by Gasteiger charge is -2.10. The Morgan fingerprint density at radius 2 is 1.24 bits per heavy atom. The van der Waals surface area contributed by atoms with Gasteiger partial charge in [-0.05, 0) is 111 Å². The Bertz CT molecular complexity index is 1170. The molecule has 3 rings (SSSR count). The topological polar surface area (TPSA) is 12.4 Å². The van der Waals surface area contributed by atoms with E-state index in [1.165, 1.54) is 33.4 Å². The SMILES string of the molecule is Cc1cc(C)c(C#Cc2ccc(-c3cc(C)c(N=C=S)c(C)c3)cc2C)c(C)c1. The van der Waals surface area contributed by atoms with Crippen molar-refractivity contribution in [3.8, 4) is 23.0 Å². The molecule has 0 radical (unpaired) electrons. The molecule has 0 aliphatic heterocycles. The molecule has 0 aliphatic rings. The number of aryl methyl sites for hydroxylation is 6. The first-order valence-corrected chi connectivity index (χ1v) is 10.1. The standard InChI is InChI=1S/C27H25NS/c1-17-11-19(3)26(20(4)12-17)10-9-23-7-8-24(13-18(23)2)25-14-21(5)27(28-16-29)22(6)15-25/h7-8,11-15H,1-6H3. The Morgan fingerprint density at radius 1 is 0.655 bits per heavy atom. The number of hydrogen-bond donors (Lipinski definition) is 0. The van der Waals surface area contributed by atoms with Gasteiger partial charge in [-0.15, -0.1) is 0 Å². The molecular weight excluding hydrogens is 370 g/mol. The minimum Gasteiger partial charge on any atom is -0.194 e. The highest BCUT2D eigenvalue weighted by atomic mass is 32.1. The van der Waals surface area contributed by atoms with Crippen LogP contribution in [0.5, 0.6) is 0 Å². The molecule has 0 fully saturated rings. The first-order chi connectivity index (χ1) is 13.8. The number of nitrogens with zero attached hydrogens (tertiary/aromatic N) is 1. The van der Waals surface area contributed by atoms with Gasteiger partial charge in [0.1, 0.15) is 0 Å². The second kappa shape index (κ2) is 8.58. The van der Waals surface area contributed by atoms with Gasteiger partial charge >= 0.3 is 0 Å². The molecule has 0 amide bonds. The average molecular weight is 396 g/mol. The van der Waals surface area contributed by atoms with Crippen molar-refractivity contribution in [1.82, 2.24) is 0 Å². The van der Waals surface area contributed by atoms with Crippen molar-refractivity contribution >= 4 is 23.1 Å². The normalized spacial score (nSPS) is 10.1. The second-order valence-electron chi connectivity index (χ2n) is 7.72. The molecule has 0 saturated heterocycles. The Balaban J connectivity index is 1.98. The van der Waals surface area contributed by atoms with Gasteiger partial charge in [0.25, 0.3) is 0 Å². The molecule has 0 saturated carbocycles. The molecule has 29 heavy (non-hydrogen) atoms. The van der Waals surface area contributed by atoms with Gasteiger partial charge in [0.2, 0.25) is 0 Å². The minimum atomic E-state index is 0.909. The highest BCUT2D eigenvalue weighted by molar-refractivity contribution is 7.78. The predicted octanol–water partition coefficient (Wildman–Crippen LogP) is 7.34. The first kappa shape index (κ1) is 20.7. The summed E-state index contributed by atoms with van der Waals surface area (Å²) in [4.78, 5) is 4.19. The highest BCUT2D eigenvalue weighted by Gasteiger charge is 2.07. The van der Waals surface area contributed by atoms with E-state index in [1.54, 1.807) is 0 Å². The molecule has 1 nitrogen and oxygen atoms in total. The molecular formula is C27H25NS. The van der Waals surface area contributed by atoms with Crippen LogP contribution in [-0.2, 0) is 0 Å². The average Bonchev–Trinajstić information content (AvgIpc) is 2.64. The fourth-order valence-corrected chi connectivity index (χ4v) is 3.93. The van der Waals surface area contributed by atoms with Crippen LogP contribution in [0.25, 0.3) is 11.1 Å². The van der Waals surface area contributed by atoms with Crippen LogP contribution in [0.1, 0.15) is 44.5 Å². The summed E-state index contributed by atoms with van der Waals surface area (Å²) in [5.41, 5.74) is 12.6. The maximum Gasteiger partial charge on any atom is 0.0798 e.